The van der Waals surface area contributed by atoms with Crippen molar-refractivity contribution >= 4 is 5.97 Å². The van der Waals surface area contributed by atoms with E-state index in [2.05, 4.69) is 14.9 Å². The Morgan fingerprint density at radius 1 is 1.64 bits per heavy atom. The van der Waals surface area contributed by atoms with Gasteiger partial charge in [-0.3, -0.25) is 0 Å². The van der Waals surface area contributed by atoms with Gasteiger partial charge in [0.05, 0.1) is 12.6 Å². The maximum atomic E-state index is 11.1. The quantitative estimate of drug-likeness (QED) is 0.716. The van der Waals surface area contributed by atoms with Crippen LogP contribution in [0.1, 0.15) is 42.8 Å². The largest absolute Gasteiger partial charge is 0.460 e. The molecule has 1 aromatic rings. The third kappa shape index (κ3) is 2.29. The van der Waals surface area contributed by atoms with Gasteiger partial charge < -0.3 is 15.0 Å². The van der Waals surface area contributed by atoms with Gasteiger partial charge in [-0.05, 0) is 18.5 Å². The van der Waals surface area contributed by atoms with E-state index < -0.39 is 5.97 Å². The van der Waals surface area contributed by atoms with Crippen LogP contribution in [-0.4, -0.2) is 22.7 Å². The van der Waals surface area contributed by atoms with Crippen LogP contribution in [0.5, 0.6) is 0 Å². The summed E-state index contributed by atoms with van der Waals surface area (Å²) in [5.74, 6) is -0.410. The van der Waals surface area contributed by atoms with Gasteiger partial charge in [-0.1, -0.05) is 6.92 Å². The van der Waals surface area contributed by atoms with E-state index in [9.17, 15) is 4.79 Å². The molecule has 14 heavy (non-hydrogen) atoms. The number of rotatable bonds is 4. The topological polar surface area (TPSA) is 91.2 Å². The number of nitrogens with zero attached hydrogens (tertiary/aromatic N) is 2. The molecule has 0 aliphatic heterocycles. The molecule has 0 radical (unpaired) electrons. The number of ether oxygens (including phenoxy) is 1. The molecule has 78 valence electrons. The maximum absolute atomic E-state index is 11.1. The highest BCUT2D eigenvalue weighted by Crippen LogP contribution is 2.10. The molecule has 0 saturated carbocycles. The first kappa shape index (κ1) is 10.6. The van der Waals surface area contributed by atoms with Crippen LogP contribution in [0.2, 0.25) is 0 Å². The highest BCUT2D eigenvalue weighted by Gasteiger charge is 2.18. The van der Waals surface area contributed by atoms with Gasteiger partial charge in [-0.25, -0.2) is 4.79 Å². The van der Waals surface area contributed by atoms with Crippen LogP contribution in [-0.2, 0) is 4.74 Å². The van der Waals surface area contributed by atoms with Gasteiger partial charge in [-0.2, -0.15) is 4.98 Å². The molecule has 1 aromatic heterocycles. The average molecular weight is 199 g/mol. The number of nitrogens with two attached hydrogens (primary N) is 1. The van der Waals surface area contributed by atoms with Crippen molar-refractivity contribution < 1.29 is 14.1 Å². The second-order valence-electron chi connectivity index (χ2n) is 2.69. The summed E-state index contributed by atoms with van der Waals surface area (Å²) in [6.07, 6.45) is 0.671. The zero-order valence-corrected chi connectivity index (χ0v) is 8.19. The molecule has 6 nitrogen and oxygen atoms in total. The van der Waals surface area contributed by atoms with Crippen molar-refractivity contribution in [2.24, 2.45) is 5.73 Å². The first-order chi connectivity index (χ1) is 6.69. The van der Waals surface area contributed by atoms with Crippen molar-refractivity contribution in [2.45, 2.75) is 26.3 Å². The van der Waals surface area contributed by atoms with Crippen molar-refractivity contribution in [1.29, 1.82) is 0 Å². The van der Waals surface area contributed by atoms with E-state index in [1.807, 2.05) is 6.92 Å². The summed E-state index contributed by atoms with van der Waals surface area (Å²) in [5, 5.41) is 3.46. The molecule has 2 N–H and O–H groups in total. The van der Waals surface area contributed by atoms with Crippen molar-refractivity contribution in [1.82, 2.24) is 10.1 Å². The van der Waals surface area contributed by atoms with Gasteiger partial charge in [-0.15, -0.1) is 0 Å². The predicted molar refractivity (Wildman–Crippen MR) is 47.5 cm³/mol. The van der Waals surface area contributed by atoms with E-state index >= 15 is 0 Å². The fourth-order valence-corrected chi connectivity index (χ4v) is 0.839. The van der Waals surface area contributed by atoms with Crippen LogP contribution in [0.3, 0.4) is 0 Å². The molecule has 1 atom stereocenters. The molecule has 0 fully saturated rings. The molecule has 0 spiro atoms. The highest BCUT2D eigenvalue weighted by atomic mass is 16.5. The Labute approximate surface area is 81.4 Å². The third-order valence-corrected chi connectivity index (χ3v) is 1.66. The van der Waals surface area contributed by atoms with Gasteiger partial charge in [0.1, 0.15) is 0 Å². The molecular formula is C8H13N3O3. The van der Waals surface area contributed by atoms with Crippen LogP contribution < -0.4 is 5.73 Å². The Kier molecular flexibility index (Phi) is 3.58. The predicted octanol–water partition coefficient (Wildman–Crippen LogP) is 0.656. The normalized spacial score (nSPS) is 12.5. The molecule has 0 aromatic carbocycles. The molecule has 0 saturated heterocycles. The van der Waals surface area contributed by atoms with Crippen molar-refractivity contribution in [3.8, 4) is 0 Å². The second kappa shape index (κ2) is 4.71. The minimum Gasteiger partial charge on any atom is -0.460 e. The SMILES string of the molecule is CCOC(=O)c1noc([C@@H](N)CC)n1. The minimum atomic E-state index is -0.592. The summed E-state index contributed by atoms with van der Waals surface area (Å²) in [4.78, 5) is 14.9. The lowest BCUT2D eigenvalue weighted by Gasteiger charge is -1.99. The van der Waals surface area contributed by atoms with Crippen molar-refractivity contribution in [3.05, 3.63) is 11.7 Å². The Morgan fingerprint density at radius 2 is 2.36 bits per heavy atom. The molecule has 0 aliphatic carbocycles. The van der Waals surface area contributed by atoms with Crippen molar-refractivity contribution in [3.63, 3.8) is 0 Å². The number of carbonyl (C=O) groups excluding carboxylic acids is 1. The zero-order valence-electron chi connectivity index (χ0n) is 8.19. The Morgan fingerprint density at radius 3 is 2.93 bits per heavy atom. The number of esters is 1. The summed E-state index contributed by atoms with van der Waals surface area (Å²) in [6.45, 7) is 3.87. The zero-order chi connectivity index (χ0) is 10.6. The first-order valence-electron chi connectivity index (χ1n) is 4.45. The lowest BCUT2D eigenvalue weighted by molar-refractivity contribution is 0.0508. The Bertz CT molecular complexity index is 311. The average Bonchev–Trinajstić information content (AvgIpc) is 2.66. The number of carbonyl (C=O) groups is 1. The van der Waals surface area contributed by atoms with E-state index in [0.717, 1.165) is 0 Å². The van der Waals surface area contributed by atoms with Gasteiger partial charge in [0.25, 0.3) is 5.82 Å². The fourth-order valence-electron chi connectivity index (χ4n) is 0.839. The van der Waals surface area contributed by atoms with Gasteiger partial charge in [0.2, 0.25) is 5.89 Å². The summed E-state index contributed by atoms with van der Waals surface area (Å²) in [5.41, 5.74) is 5.63. The smallest absolute Gasteiger partial charge is 0.379 e. The van der Waals surface area contributed by atoms with Crippen LogP contribution >= 0.6 is 0 Å². The molecule has 1 heterocycles. The van der Waals surface area contributed by atoms with E-state index in [-0.39, 0.29) is 24.4 Å². The van der Waals surface area contributed by atoms with Gasteiger partial charge in [0.15, 0.2) is 0 Å². The molecule has 1 rings (SSSR count). The highest BCUT2D eigenvalue weighted by molar-refractivity contribution is 5.84. The molecule has 0 amide bonds. The lowest BCUT2D eigenvalue weighted by atomic mass is 10.2. The van der Waals surface area contributed by atoms with Crippen molar-refractivity contribution in [2.75, 3.05) is 6.61 Å². The van der Waals surface area contributed by atoms with E-state index in [1.165, 1.54) is 0 Å². The first-order valence-corrected chi connectivity index (χ1v) is 4.45. The van der Waals surface area contributed by atoms with E-state index in [0.29, 0.717) is 6.42 Å². The molecule has 0 aliphatic rings. The monoisotopic (exact) mass is 199 g/mol. The number of aromatic nitrogens is 2. The summed E-state index contributed by atoms with van der Waals surface area (Å²) >= 11 is 0. The van der Waals surface area contributed by atoms with Crippen LogP contribution in [0, 0.1) is 0 Å². The van der Waals surface area contributed by atoms with Gasteiger partial charge in [0, 0.05) is 0 Å². The lowest BCUT2D eigenvalue weighted by Crippen LogP contribution is -2.10. The van der Waals surface area contributed by atoms with Crippen LogP contribution in [0.25, 0.3) is 0 Å². The summed E-state index contributed by atoms with van der Waals surface area (Å²) in [7, 11) is 0. The molecule has 0 bridgehead atoms. The van der Waals surface area contributed by atoms with Crippen LogP contribution in [0.15, 0.2) is 4.52 Å². The Hall–Kier alpha value is -1.43. The minimum absolute atomic E-state index is 0.0780. The summed E-state index contributed by atoms with van der Waals surface area (Å²) in [6, 6.07) is -0.328. The number of hydrogen-bond acceptors (Lipinski definition) is 6. The molecule has 0 unspecified atom stereocenters. The standard InChI is InChI=1S/C8H13N3O3/c1-3-5(9)7-10-6(11-14-7)8(12)13-4-2/h5H,3-4,9H2,1-2H3/t5-/m0/s1. The summed E-state index contributed by atoms with van der Waals surface area (Å²) < 4.78 is 9.49. The third-order valence-electron chi connectivity index (χ3n) is 1.66. The van der Waals surface area contributed by atoms with Crippen LogP contribution in [0.4, 0.5) is 0 Å². The Balaban J connectivity index is 2.72. The van der Waals surface area contributed by atoms with E-state index in [1.54, 1.807) is 6.92 Å². The number of hydrogen-bond donors (Lipinski definition) is 1. The van der Waals surface area contributed by atoms with Gasteiger partial charge >= 0.3 is 5.97 Å². The second-order valence-corrected chi connectivity index (χ2v) is 2.69. The fraction of sp³-hybridized carbons (Fsp3) is 0.625. The molecular weight excluding hydrogens is 186 g/mol. The molecule has 6 heteroatoms. The maximum Gasteiger partial charge on any atom is 0.379 e. The van der Waals surface area contributed by atoms with E-state index in [4.69, 9.17) is 10.3 Å².